The number of carbonyl (C=O) groups excluding carboxylic acids is 2. The fourth-order valence-corrected chi connectivity index (χ4v) is 1.88. The maximum Gasteiger partial charge on any atom is 0.247 e. The van der Waals surface area contributed by atoms with Crippen molar-refractivity contribution in [3.8, 4) is 0 Å². The molecule has 0 spiro atoms. The molecule has 130 valence electrons. The first-order chi connectivity index (χ1) is 11.4. The highest BCUT2D eigenvalue weighted by molar-refractivity contribution is 5.96. The maximum atomic E-state index is 13.5. The number of benzene rings is 1. The Labute approximate surface area is 138 Å². The van der Waals surface area contributed by atoms with Gasteiger partial charge in [-0.1, -0.05) is 25.2 Å². The van der Waals surface area contributed by atoms with Crippen LogP contribution in [0.25, 0.3) is 0 Å². The number of halogens is 3. The van der Waals surface area contributed by atoms with Crippen LogP contribution in [-0.2, 0) is 9.59 Å². The quantitative estimate of drug-likeness (QED) is 0.470. The maximum absolute atomic E-state index is 13.5. The molecule has 0 saturated carbocycles. The Morgan fingerprint density at radius 2 is 1.88 bits per heavy atom. The van der Waals surface area contributed by atoms with Crippen molar-refractivity contribution < 1.29 is 22.8 Å². The molecule has 4 nitrogen and oxygen atoms in total. The first-order valence-electron chi connectivity index (χ1n) is 7.42. The van der Waals surface area contributed by atoms with E-state index in [2.05, 4.69) is 5.32 Å². The molecule has 0 atom stereocenters. The molecule has 1 rings (SSSR count). The van der Waals surface area contributed by atoms with E-state index in [9.17, 15) is 22.8 Å². The van der Waals surface area contributed by atoms with Crippen LogP contribution in [0, 0.1) is 17.5 Å². The molecule has 7 heteroatoms. The average Bonchev–Trinajstić information content (AvgIpc) is 2.55. The summed E-state index contributed by atoms with van der Waals surface area (Å²) in [5, 5.41) is 2.14. The lowest BCUT2D eigenvalue weighted by atomic mass is 10.2. The van der Waals surface area contributed by atoms with Gasteiger partial charge >= 0.3 is 0 Å². The van der Waals surface area contributed by atoms with Crippen molar-refractivity contribution >= 4 is 17.5 Å². The van der Waals surface area contributed by atoms with Crippen molar-refractivity contribution in [1.82, 2.24) is 4.90 Å². The monoisotopic (exact) mass is 340 g/mol. The molecule has 2 amide bonds. The third-order valence-electron chi connectivity index (χ3n) is 2.99. The number of allylic oxidation sites excluding steroid dienone is 3. The Morgan fingerprint density at radius 1 is 1.17 bits per heavy atom. The van der Waals surface area contributed by atoms with E-state index < -0.39 is 29.0 Å². The molecule has 0 bridgehead atoms. The summed E-state index contributed by atoms with van der Waals surface area (Å²) < 4.78 is 39.6. The molecule has 0 radical (unpaired) electrons. The molecule has 24 heavy (non-hydrogen) atoms. The summed E-state index contributed by atoms with van der Waals surface area (Å²) in [5.41, 5.74) is -0.479. The number of rotatable bonds is 7. The van der Waals surface area contributed by atoms with Gasteiger partial charge in [-0.15, -0.1) is 0 Å². The lowest BCUT2D eigenvalue weighted by molar-refractivity contribution is -0.130. The summed E-state index contributed by atoms with van der Waals surface area (Å²) in [5.74, 6) is -5.58. The number of hydrogen-bond acceptors (Lipinski definition) is 2. The van der Waals surface area contributed by atoms with Crippen LogP contribution in [0.2, 0.25) is 0 Å². The number of anilines is 1. The van der Waals surface area contributed by atoms with Crippen molar-refractivity contribution in [3.63, 3.8) is 0 Å². The largest absolute Gasteiger partial charge is 0.330 e. The summed E-state index contributed by atoms with van der Waals surface area (Å²) in [7, 11) is 0. The van der Waals surface area contributed by atoms with Crippen LogP contribution in [0.5, 0.6) is 0 Å². The number of carbonyl (C=O) groups is 2. The van der Waals surface area contributed by atoms with Gasteiger partial charge in [-0.05, 0) is 25.5 Å². The molecule has 0 fully saturated rings. The van der Waals surface area contributed by atoms with Gasteiger partial charge < -0.3 is 10.2 Å². The summed E-state index contributed by atoms with van der Waals surface area (Å²) in [6.07, 6.45) is 6.88. The van der Waals surface area contributed by atoms with Crippen LogP contribution >= 0.6 is 0 Å². The van der Waals surface area contributed by atoms with E-state index in [0.29, 0.717) is 19.0 Å². The van der Waals surface area contributed by atoms with Crippen LogP contribution in [0.15, 0.2) is 36.4 Å². The molecule has 0 aliphatic carbocycles. The number of nitrogens with one attached hydrogen (secondary N) is 1. The first-order valence-corrected chi connectivity index (χ1v) is 7.42. The fraction of sp³-hybridized carbons (Fsp3) is 0.294. The summed E-state index contributed by atoms with van der Waals surface area (Å²) >= 11 is 0. The van der Waals surface area contributed by atoms with E-state index in [4.69, 9.17) is 0 Å². The van der Waals surface area contributed by atoms with E-state index >= 15 is 0 Å². The van der Waals surface area contributed by atoms with E-state index in [-0.39, 0.29) is 12.5 Å². The van der Waals surface area contributed by atoms with Gasteiger partial charge in [-0.2, -0.15) is 0 Å². The molecule has 0 aliphatic heterocycles. The zero-order valence-corrected chi connectivity index (χ0v) is 13.5. The van der Waals surface area contributed by atoms with E-state index in [1.165, 1.54) is 17.1 Å². The van der Waals surface area contributed by atoms with Crippen molar-refractivity contribution in [2.24, 2.45) is 0 Å². The molecular weight excluding hydrogens is 321 g/mol. The molecule has 0 heterocycles. The second kappa shape index (κ2) is 9.54. The second-order valence-corrected chi connectivity index (χ2v) is 4.92. The first kappa shape index (κ1) is 19.5. The van der Waals surface area contributed by atoms with Gasteiger partial charge in [0.1, 0.15) is 6.54 Å². The molecule has 1 N–H and O–H groups in total. The van der Waals surface area contributed by atoms with Gasteiger partial charge in [-0.25, -0.2) is 13.2 Å². The minimum atomic E-state index is -1.66. The molecule has 0 saturated heterocycles. The normalized spacial score (nSPS) is 11.2. The zero-order chi connectivity index (χ0) is 18.1. The fourth-order valence-electron chi connectivity index (χ4n) is 1.88. The SMILES string of the molecule is C/C=C/C=C/C(=O)N(CCC)CC(=O)Nc1ccc(F)c(F)c1F. The van der Waals surface area contributed by atoms with E-state index in [1.54, 1.807) is 19.1 Å². The Hall–Kier alpha value is -2.57. The average molecular weight is 340 g/mol. The lowest BCUT2D eigenvalue weighted by Crippen LogP contribution is -2.37. The van der Waals surface area contributed by atoms with Crippen molar-refractivity contribution in [2.45, 2.75) is 20.3 Å². The van der Waals surface area contributed by atoms with Crippen LogP contribution < -0.4 is 5.32 Å². The third kappa shape index (κ3) is 5.57. The van der Waals surface area contributed by atoms with Crippen molar-refractivity contribution in [3.05, 3.63) is 53.9 Å². The molecule has 1 aromatic rings. The molecule has 0 aliphatic rings. The Kier molecular flexibility index (Phi) is 7.74. The van der Waals surface area contributed by atoms with Gasteiger partial charge in [-0.3, -0.25) is 9.59 Å². The second-order valence-electron chi connectivity index (χ2n) is 4.92. The number of nitrogens with zero attached hydrogens (tertiary/aromatic N) is 1. The van der Waals surface area contributed by atoms with Gasteiger partial charge in [0.05, 0.1) is 5.69 Å². The van der Waals surface area contributed by atoms with E-state index in [0.717, 1.165) is 6.07 Å². The van der Waals surface area contributed by atoms with Gasteiger partial charge in [0, 0.05) is 12.6 Å². The minimum absolute atomic E-state index is 0.326. The molecular formula is C17H19F3N2O2. The van der Waals surface area contributed by atoms with E-state index in [1.807, 2.05) is 6.92 Å². The highest BCUT2D eigenvalue weighted by atomic mass is 19.2. The Bertz CT molecular complexity index is 657. The Balaban J connectivity index is 2.79. The standard InChI is InChI=1S/C17H19F3N2O2/c1-3-5-6-7-15(24)22(10-4-2)11-14(23)21-13-9-8-12(18)16(19)17(13)20/h3,5-9H,4,10-11H2,1-2H3,(H,21,23)/b5-3+,7-6+. The van der Waals surface area contributed by atoms with Crippen molar-refractivity contribution in [1.29, 1.82) is 0 Å². The van der Waals surface area contributed by atoms with Crippen LogP contribution in [-0.4, -0.2) is 29.8 Å². The summed E-state index contributed by atoms with van der Waals surface area (Å²) in [6, 6.07) is 1.63. The number of amides is 2. The predicted molar refractivity (Wildman–Crippen MR) is 85.8 cm³/mol. The molecule has 0 unspecified atom stereocenters. The Morgan fingerprint density at radius 3 is 2.50 bits per heavy atom. The lowest BCUT2D eigenvalue weighted by Gasteiger charge is -2.20. The topological polar surface area (TPSA) is 49.4 Å². The number of hydrogen-bond donors (Lipinski definition) is 1. The third-order valence-corrected chi connectivity index (χ3v) is 2.99. The van der Waals surface area contributed by atoms with Crippen LogP contribution in [0.1, 0.15) is 20.3 Å². The van der Waals surface area contributed by atoms with Gasteiger partial charge in [0.2, 0.25) is 11.8 Å². The summed E-state index contributed by atoms with van der Waals surface area (Å²) in [6.45, 7) is 3.63. The highest BCUT2D eigenvalue weighted by Crippen LogP contribution is 2.19. The molecule has 0 aromatic heterocycles. The van der Waals surface area contributed by atoms with Crippen molar-refractivity contribution in [2.75, 3.05) is 18.4 Å². The molecule has 1 aromatic carbocycles. The van der Waals surface area contributed by atoms with Crippen LogP contribution in [0.3, 0.4) is 0 Å². The van der Waals surface area contributed by atoms with Crippen LogP contribution in [0.4, 0.5) is 18.9 Å². The van der Waals surface area contributed by atoms with Gasteiger partial charge in [0.25, 0.3) is 0 Å². The highest BCUT2D eigenvalue weighted by Gasteiger charge is 2.18. The smallest absolute Gasteiger partial charge is 0.247 e. The zero-order valence-electron chi connectivity index (χ0n) is 13.5. The summed E-state index contributed by atoms with van der Waals surface area (Å²) in [4.78, 5) is 25.2. The van der Waals surface area contributed by atoms with Gasteiger partial charge in [0.15, 0.2) is 17.5 Å². The predicted octanol–water partition coefficient (Wildman–Crippen LogP) is 3.41. The minimum Gasteiger partial charge on any atom is -0.330 e.